The summed E-state index contributed by atoms with van der Waals surface area (Å²) in [6.45, 7) is 5.76. The van der Waals surface area contributed by atoms with Crippen molar-refractivity contribution in [1.82, 2.24) is 25.3 Å². The molecule has 1 N–H and O–H groups in total. The molecule has 18 heavy (non-hydrogen) atoms. The molecule has 0 fully saturated rings. The van der Waals surface area contributed by atoms with Gasteiger partial charge in [-0.3, -0.25) is 0 Å². The molecule has 0 radical (unpaired) electrons. The quantitative estimate of drug-likeness (QED) is 0.829. The van der Waals surface area contributed by atoms with Crippen LogP contribution in [0.2, 0.25) is 0 Å². The lowest BCUT2D eigenvalue weighted by atomic mass is 10.3. The van der Waals surface area contributed by atoms with Gasteiger partial charge in [0.1, 0.15) is 0 Å². The average Bonchev–Trinajstić information content (AvgIpc) is 2.41. The predicted molar refractivity (Wildman–Crippen MR) is 70.3 cm³/mol. The lowest BCUT2D eigenvalue weighted by molar-refractivity contribution is 0.716. The SMILES string of the molecule is CCNCc1cnc(Sc2ncc(C)cn2)nc1. The number of nitrogens with one attached hydrogen (secondary N) is 1. The summed E-state index contributed by atoms with van der Waals surface area (Å²) in [7, 11) is 0. The van der Waals surface area contributed by atoms with Gasteiger partial charge in [-0.2, -0.15) is 0 Å². The van der Waals surface area contributed by atoms with Gasteiger partial charge in [0.2, 0.25) is 0 Å². The molecule has 0 saturated carbocycles. The Morgan fingerprint density at radius 3 is 2.11 bits per heavy atom. The van der Waals surface area contributed by atoms with E-state index < -0.39 is 0 Å². The maximum atomic E-state index is 4.28. The molecule has 0 amide bonds. The lowest BCUT2D eigenvalue weighted by Crippen LogP contribution is -2.12. The number of nitrogens with zero attached hydrogens (tertiary/aromatic N) is 4. The highest BCUT2D eigenvalue weighted by atomic mass is 32.2. The van der Waals surface area contributed by atoms with E-state index in [0.29, 0.717) is 10.3 Å². The maximum absolute atomic E-state index is 4.28. The van der Waals surface area contributed by atoms with E-state index in [1.165, 1.54) is 11.8 Å². The minimum absolute atomic E-state index is 0.666. The summed E-state index contributed by atoms with van der Waals surface area (Å²) in [6.07, 6.45) is 7.22. The first-order chi connectivity index (χ1) is 8.78. The maximum Gasteiger partial charge on any atom is 0.195 e. The van der Waals surface area contributed by atoms with Crippen LogP contribution >= 0.6 is 11.8 Å². The van der Waals surface area contributed by atoms with Gasteiger partial charge in [-0.25, -0.2) is 19.9 Å². The molecule has 5 nitrogen and oxygen atoms in total. The van der Waals surface area contributed by atoms with Crippen LogP contribution in [0, 0.1) is 6.92 Å². The van der Waals surface area contributed by atoms with E-state index in [1.807, 2.05) is 19.3 Å². The minimum Gasteiger partial charge on any atom is -0.313 e. The van der Waals surface area contributed by atoms with Crippen LogP contribution in [0.15, 0.2) is 35.1 Å². The van der Waals surface area contributed by atoms with Crippen molar-refractivity contribution >= 4 is 11.8 Å². The first-order valence-corrected chi connectivity index (χ1v) is 6.57. The van der Waals surface area contributed by atoms with Gasteiger partial charge in [-0.1, -0.05) is 6.92 Å². The van der Waals surface area contributed by atoms with Gasteiger partial charge in [0, 0.05) is 36.9 Å². The van der Waals surface area contributed by atoms with E-state index >= 15 is 0 Å². The molecule has 0 bridgehead atoms. The zero-order valence-corrected chi connectivity index (χ0v) is 11.2. The fourth-order valence-corrected chi connectivity index (χ4v) is 1.86. The molecular formula is C12H15N5S. The Morgan fingerprint density at radius 2 is 1.56 bits per heavy atom. The smallest absolute Gasteiger partial charge is 0.195 e. The molecule has 6 heteroatoms. The molecule has 0 saturated heterocycles. The normalized spacial score (nSPS) is 10.6. The summed E-state index contributed by atoms with van der Waals surface area (Å²) in [5, 5.41) is 4.56. The van der Waals surface area contributed by atoms with Gasteiger partial charge >= 0.3 is 0 Å². The van der Waals surface area contributed by atoms with Crippen molar-refractivity contribution in [2.75, 3.05) is 6.54 Å². The summed E-state index contributed by atoms with van der Waals surface area (Å²) in [6, 6.07) is 0. The van der Waals surface area contributed by atoms with Crippen molar-refractivity contribution in [1.29, 1.82) is 0 Å². The third-order valence-electron chi connectivity index (χ3n) is 2.20. The van der Waals surface area contributed by atoms with Crippen LogP contribution in [-0.2, 0) is 6.54 Å². The fraction of sp³-hybridized carbons (Fsp3) is 0.333. The summed E-state index contributed by atoms with van der Waals surface area (Å²) in [4.78, 5) is 17.0. The van der Waals surface area contributed by atoms with E-state index in [2.05, 4.69) is 32.2 Å². The van der Waals surface area contributed by atoms with E-state index in [9.17, 15) is 0 Å². The van der Waals surface area contributed by atoms with Crippen LogP contribution < -0.4 is 5.32 Å². The van der Waals surface area contributed by atoms with E-state index in [0.717, 1.165) is 24.2 Å². The van der Waals surface area contributed by atoms with Crippen molar-refractivity contribution in [3.8, 4) is 0 Å². The Bertz CT molecular complexity index is 483. The molecule has 0 atom stereocenters. The van der Waals surface area contributed by atoms with Crippen LogP contribution in [0.1, 0.15) is 18.1 Å². The standard InChI is InChI=1S/C12H15N5S/c1-3-13-6-10-7-16-12(17-8-10)18-11-14-4-9(2)5-15-11/h4-5,7-8,13H,3,6H2,1-2H3. The number of hydrogen-bond acceptors (Lipinski definition) is 6. The topological polar surface area (TPSA) is 63.6 Å². The third-order valence-corrected chi connectivity index (χ3v) is 2.99. The van der Waals surface area contributed by atoms with Crippen LogP contribution in [0.3, 0.4) is 0 Å². The highest BCUT2D eigenvalue weighted by Gasteiger charge is 2.03. The summed E-state index contributed by atoms with van der Waals surface area (Å²) in [5.74, 6) is 0. The first kappa shape index (κ1) is 12.9. The first-order valence-electron chi connectivity index (χ1n) is 5.76. The largest absolute Gasteiger partial charge is 0.313 e. The molecule has 0 aromatic carbocycles. The van der Waals surface area contributed by atoms with Gasteiger partial charge in [-0.15, -0.1) is 0 Å². The molecule has 0 unspecified atom stereocenters. The van der Waals surface area contributed by atoms with Crippen molar-refractivity contribution in [3.63, 3.8) is 0 Å². The van der Waals surface area contributed by atoms with Gasteiger partial charge < -0.3 is 5.32 Å². The second-order valence-electron chi connectivity index (χ2n) is 3.80. The summed E-state index contributed by atoms with van der Waals surface area (Å²) < 4.78 is 0. The van der Waals surface area contributed by atoms with E-state index in [-0.39, 0.29) is 0 Å². The zero-order chi connectivity index (χ0) is 12.8. The highest BCUT2D eigenvalue weighted by molar-refractivity contribution is 7.99. The molecule has 2 aromatic heterocycles. The number of rotatable bonds is 5. The number of aromatic nitrogens is 4. The minimum atomic E-state index is 0.666. The van der Waals surface area contributed by atoms with E-state index in [4.69, 9.17) is 0 Å². The zero-order valence-electron chi connectivity index (χ0n) is 10.4. The summed E-state index contributed by atoms with van der Waals surface area (Å²) in [5.41, 5.74) is 2.12. The highest BCUT2D eigenvalue weighted by Crippen LogP contribution is 2.19. The molecule has 94 valence electrons. The molecule has 2 heterocycles. The monoisotopic (exact) mass is 261 g/mol. The predicted octanol–water partition coefficient (Wildman–Crippen LogP) is 1.84. The Balaban J connectivity index is 1.99. The van der Waals surface area contributed by atoms with Gasteiger partial charge in [-0.05, 0) is 30.8 Å². The second-order valence-corrected chi connectivity index (χ2v) is 4.73. The Hall–Kier alpha value is -1.53. The molecule has 0 aliphatic heterocycles. The van der Waals surface area contributed by atoms with Crippen molar-refractivity contribution in [2.45, 2.75) is 30.7 Å². The van der Waals surface area contributed by atoms with Gasteiger partial charge in [0.25, 0.3) is 0 Å². The number of aryl methyl sites for hydroxylation is 1. The van der Waals surface area contributed by atoms with Crippen molar-refractivity contribution in [2.24, 2.45) is 0 Å². The Morgan fingerprint density at radius 1 is 1.00 bits per heavy atom. The van der Waals surface area contributed by atoms with Crippen LogP contribution in [-0.4, -0.2) is 26.5 Å². The summed E-state index contributed by atoms with van der Waals surface area (Å²) >= 11 is 1.36. The van der Waals surface area contributed by atoms with Crippen LogP contribution in [0.25, 0.3) is 0 Å². The average molecular weight is 261 g/mol. The van der Waals surface area contributed by atoms with Crippen molar-refractivity contribution in [3.05, 3.63) is 35.9 Å². The fourth-order valence-electron chi connectivity index (χ4n) is 1.27. The molecule has 0 spiro atoms. The van der Waals surface area contributed by atoms with Gasteiger partial charge in [0.05, 0.1) is 0 Å². The second kappa shape index (κ2) is 6.42. The molecule has 2 aromatic rings. The number of hydrogen-bond donors (Lipinski definition) is 1. The van der Waals surface area contributed by atoms with Gasteiger partial charge in [0.15, 0.2) is 10.3 Å². The molecule has 0 aliphatic carbocycles. The molecular weight excluding hydrogens is 246 g/mol. The van der Waals surface area contributed by atoms with Crippen LogP contribution in [0.4, 0.5) is 0 Å². The van der Waals surface area contributed by atoms with Crippen molar-refractivity contribution < 1.29 is 0 Å². The Labute approximate surface area is 110 Å². The third kappa shape index (κ3) is 3.75. The Kier molecular flexibility index (Phi) is 4.60. The molecule has 0 aliphatic rings. The molecule has 2 rings (SSSR count). The van der Waals surface area contributed by atoms with E-state index in [1.54, 1.807) is 12.4 Å². The lowest BCUT2D eigenvalue weighted by Gasteiger charge is -2.02. The van der Waals surface area contributed by atoms with Crippen LogP contribution in [0.5, 0.6) is 0 Å².